The fraction of sp³-hybridized carbons (Fsp3) is 0.632. The van der Waals surface area contributed by atoms with E-state index < -0.39 is 0 Å². The molecular formula is C19H29FN2O2. The molecular weight excluding hydrogens is 307 g/mol. The number of likely N-dealkylation sites (tertiary alicyclic amines) is 1. The molecule has 2 atom stereocenters. The zero-order valence-corrected chi connectivity index (χ0v) is 14.9. The van der Waals surface area contributed by atoms with Crippen LogP contribution >= 0.6 is 0 Å². The summed E-state index contributed by atoms with van der Waals surface area (Å²) in [5.74, 6) is -0.235. The summed E-state index contributed by atoms with van der Waals surface area (Å²) < 4.78 is 13.3. The first-order chi connectivity index (χ1) is 11.3. The molecule has 0 saturated carbocycles. The molecule has 134 valence electrons. The maximum Gasteiger partial charge on any atom is 0.317 e. The van der Waals surface area contributed by atoms with Crippen LogP contribution in [-0.4, -0.2) is 41.3 Å². The fourth-order valence-corrected chi connectivity index (χ4v) is 3.54. The Morgan fingerprint density at radius 1 is 1.50 bits per heavy atom. The van der Waals surface area contributed by atoms with Gasteiger partial charge < -0.3 is 15.3 Å². The lowest BCUT2D eigenvalue weighted by Gasteiger charge is -2.30. The van der Waals surface area contributed by atoms with Crippen LogP contribution in [0.2, 0.25) is 0 Å². The molecule has 1 fully saturated rings. The minimum atomic E-state index is -0.385. The normalized spacial score (nSPS) is 19.4. The summed E-state index contributed by atoms with van der Waals surface area (Å²) in [5, 5.41) is 12.5. The second-order valence-corrected chi connectivity index (χ2v) is 7.70. The quantitative estimate of drug-likeness (QED) is 0.837. The minimum Gasteiger partial charge on any atom is -0.393 e. The van der Waals surface area contributed by atoms with Crippen LogP contribution in [0, 0.1) is 11.2 Å². The number of carbonyl (C=O) groups is 1. The third kappa shape index (κ3) is 5.48. The van der Waals surface area contributed by atoms with Gasteiger partial charge in [-0.2, -0.15) is 0 Å². The Bertz CT molecular complexity index is 560. The number of benzene rings is 1. The smallest absolute Gasteiger partial charge is 0.317 e. The van der Waals surface area contributed by atoms with Crippen molar-refractivity contribution in [2.75, 3.05) is 13.1 Å². The van der Waals surface area contributed by atoms with Gasteiger partial charge in [-0.1, -0.05) is 26.0 Å². The molecule has 0 aromatic heterocycles. The Labute approximate surface area is 144 Å². The average Bonchev–Trinajstić information content (AvgIpc) is 2.92. The van der Waals surface area contributed by atoms with Crippen LogP contribution in [0.1, 0.15) is 45.6 Å². The predicted octanol–water partition coefficient (Wildman–Crippen LogP) is 3.34. The Balaban J connectivity index is 1.91. The maximum absolute atomic E-state index is 13.3. The van der Waals surface area contributed by atoms with Gasteiger partial charge in [-0.15, -0.1) is 0 Å². The number of hydrogen-bond donors (Lipinski definition) is 2. The zero-order valence-electron chi connectivity index (χ0n) is 14.9. The van der Waals surface area contributed by atoms with Crippen molar-refractivity contribution in [1.29, 1.82) is 0 Å². The maximum atomic E-state index is 13.3. The van der Waals surface area contributed by atoms with Crippen molar-refractivity contribution in [3.8, 4) is 0 Å². The van der Waals surface area contributed by atoms with Crippen LogP contribution < -0.4 is 5.32 Å². The number of urea groups is 1. The van der Waals surface area contributed by atoms with E-state index in [1.165, 1.54) is 6.07 Å². The third-order valence-corrected chi connectivity index (χ3v) is 4.56. The van der Waals surface area contributed by atoms with Crippen molar-refractivity contribution in [3.05, 3.63) is 35.6 Å². The molecule has 2 N–H and O–H groups in total. The van der Waals surface area contributed by atoms with Crippen LogP contribution in [0.3, 0.4) is 0 Å². The van der Waals surface area contributed by atoms with E-state index in [-0.39, 0.29) is 29.4 Å². The van der Waals surface area contributed by atoms with E-state index >= 15 is 0 Å². The van der Waals surface area contributed by atoms with Gasteiger partial charge in [0.2, 0.25) is 0 Å². The first-order valence-corrected chi connectivity index (χ1v) is 8.74. The van der Waals surface area contributed by atoms with Gasteiger partial charge in [0.25, 0.3) is 0 Å². The number of nitrogens with one attached hydrogen (secondary N) is 1. The van der Waals surface area contributed by atoms with Crippen molar-refractivity contribution in [3.63, 3.8) is 0 Å². The Morgan fingerprint density at radius 2 is 2.25 bits per heavy atom. The Kier molecular flexibility index (Phi) is 6.21. The summed E-state index contributed by atoms with van der Waals surface area (Å²) in [6, 6.07) is 6.65. The second-order valence-electron chi connectivity index (χ2n) is 7.70. The molecule has 0 spiro atoms. The first-order valence-electron chi connectivity index (χ1n) is 8.74. The van der Waals surface area contributed by atoms with Gasteiger partial charge in [0.15, 0.2) is 0 Å². The highest BCUT2D eigenvalue weighted by molar-refractivity contribution is 5.75. The summed E-state index contributed by atoms with van der Waals surface area (Å²) >= 11 is 0. The van der Waals surface area contributed by atoms with Crippen LogP contribution in [0.4, 0.5) is 9.18 Å². The van der Waals surface area contributed by atoms with Gasteiger partial charge in [-0.25, -0.2) is 9.18 Å². The topological polar surface area (TPSA) is 52.6 Å². The first kappa shape index (κ1) is 18.7. The molecule has 2 unspecified atom stereocenters. The molecule has 0 radical (unpaired) electrons. The van der Waals surface area contributed by atoms with E-state index in [1.54, 1.807) is 19.1 Å². The minimum absolute atomic E-state index is 0.0624. The highest BCUT2D eigenvalue weighted by atomic mass is 19.1. The number of halogens is 1. The Morgan fingerprint density at radius 3 is 2.92 bits per heavy atom. The summed E-state index contributed by atoms with van der Waals surface area (Å²) in [5.41, 5.74) is 0.774. The van der Waals surface area contributed by atoms with Gasteiger partial charge in [0, 0.05) is 19.1 Å². The van der Waals surface area contributed by atoms with Crippen molar-refractivity contribution in [2.24, 2.45) is 5.41 Å². The molecule has 1 heterocycles. The van der Waals surface area contributed by atoms with E-state index in [4.69, 9.17) is 0 Å². The van der Waals surface area contributed by atoms with E-state index in [0.717, 1.165) is 24.9 Å². The van der Waals surface area contributed by atoms with Crippen LogP contribution in [0.15, 0.2) is 24.3 Å². The molecule has 1 aliphatic rings. The molecule has 0 aliphatic carbocycles. The SMILES string of the molecule is CC(O)CC(C)(C)CNC(=O)N1CCCC1Cc1cccc(F)c1. The number of hydrogen-bond acceptors (Lipinski definition) is 2. The predicted molar refractivity (Wildman–Crippen MR) is 93.3 cm³/mol. The fourth-order valence-electron chi connectivity index (χ4n) is 3.54. The van der Waals surface area contributed by atoms with E-state index in [1.807, 2.05) is 24.8 Å². The number of aliphatic hydroxyl groups excluding tert-OH is 1. The zero-order chi connectivity index (χ0) is 17.7. The van der Waals surface area contributed by atoms with Gasteiger partial charge in [0.05, 0.1) is 6.10 Å². The van der Waals surface area contributed by atoms with Crippen LogP contribution in [-0.2, 0) is 6.42 Å². The summed E-state index contributed by atoms with van der Waals surface area (Å²) in [7, 11) is 0. The summed E-state index contributed by atoms with van der Waals surface area (Å²) in [6.07, 6.45) is 2.86. The molecule has 5 heteroatoms. The highest BCUT2D eigenvalue weighted by Crippen LogP contribution is 2.24. The van der Waals surface area contributed by atoms with Crippen molar-refractivity contribution in [2.45, 2.75) is 58.6 Å². The molecule has 2 rings (SSSR count). The lowest BCUT2D eigenvalue weighted by molar-refractivity contribution is 0.126. The van der Waals surface area contributed by atoms with E-state index in [9.17, 15) is 14.3 Å². The second kappa shape index (κ2) is 7.97. The molecule has 24 heavy (non-hydrogen) atoms. The van der Waals surface area contributed by atoms with E-state index in [0.29, 0.717) is 19.4 Å². The molecule has 0 bridgehead atoms. The van der Waals surface area contributed by atoms with Crippen molar-refractivity contribution in [1.82, 2.24) is 10.2 Å². The van der Waals surface area contributed by atoms with Crippen molar-refractivity contribution < 1.29 is 14.3 Å². The third-order valence-electron chi connectivity index (χ3n) is 4.56. The molecule has 4 nitrogen and oxygen atoms in total. The largest absolute Gasteiger partial charge is 0.393 e. The van der Waals surface area contributed by atoms with Crippen LogP contribution in [0.25, 0.3) is 0 Å². The standard InChI is InChI=1S/C19H29FN2O2/c1-14(23)12-19(2,3)13-21-18(24)22-9-5-8-17(22)11-15-6-4-7-16(20)10-15/h4,6-7,10,14,17,23H,5,8-9,11-13H2,1-3H3,(H,21,24). The lowest BCUT2D eigenvalue weighted by atomic mass is 9.87. The molecule has 1 aliphatic heterocycles. The molecule has 2 amide bonds. The molecule has 1 aromatic rings. The highest BCUT2D eigenvalue weighted by Gasteiger charge is 2.30. The van der Waals surface area contributed by atoms with E-state index in [2.05, 4.69) is 5.32 Å². The number of aliphatic hydroxyl groups is 1. The van der Waals surface area contributed by atoms with Crippen molar-refractivity contribution >= 4 is 6.03 Å². The average molecular weight is 336 g/mol. The summed E-state index contributed by atoms with van der Waals surface area (Å²) in [6.45, 7) is 7.10. The van der Waals surface area contributed by atoms with Gasteiger partial charge >= 0.3 is 6.03 Å². The van der Waals surface area contributed by atoms with Gasteiger partial charge in [-0.3, -0.25) is 0 Å². The molecule has 1 aromatic carbocycles. The molecule has 1 saturated heterocycles. The number of carbonyl (C=O) groups excluding carboxylic acids is 1. The number of nitrogens with zero attached hydrogens (tertiary/aromatic N) is 1. The monoisotopic (exact) mass is 336 g/mol. The summed E-state index contributed by atoms with van der Waals surface area (Å²) in [4.78, 5) is 14.4. The number of rotatable bonds is 6. The van der Waals surface area contributed by atoms with Gasteiger partial charge in [0.1, 0.15) is 5.82 Å². The van der Waals surface area contributed by atoms with Gasteiger partial charge in [-0.05, 0) is 55.7 Å². The lowest BCUT2D eigenvalue weighted by Crippen LogP contribution is -2.46. The van der Waals surface area contributed by atoms with Crippen LogP contribution in [0.5, 0.6) is 0 Å². The Hall–Kier alpha value is -1.62. The number of amides is 2.